The second-order valence-electron chi connectivity index (χ2n) is 4.36. The lowest BCUT2D eigenvalue weighted by Crippen LogP contribution is -2.41. The van der Waals surface area contributed by atoms with Crippen LogP contribution in [-0.4, -0.2) is 30.4 Å². The molecule has 0 aliphatic carbocycles. The number of amides is 1. The monoisotopic (exact) mass is 258 g/mol. The molecule has 1 atom stereocenters. The zero-order valence-electron chi connectivity index (χ0n) is 10.2. The largest absolute Gasteiger partial charge is 0.464 e. The van der Waals surface area contributed by atoms with Crippen molar-refractivity contribution in [3.05, 3.63) is 23.7 Å². The van der Waals surface area contributed by atoms with Crippen LogP contribution in [-0.2, 0) is 11.3 Å². The van der Waals surface area contributed by atoms with Crippen LogP contribution < -0.4 is 5.32 Å². The maximum atomic E-state index is 12.0. The Morgan fingerprint density at radius 2 is 2.35 bits per heavy atom. The van der Waals surface area contributed by atoms with Gasteiger partial charge >= 0.3 is 0 Å². The van der Waals surface area contributed by atoms with Gasteiger partial charge in [0, 0.05) is 7.05 Å². The minimum Gasteiger partial charge on any atom is -0.464 e. The predicted octanol–water partition coefficient (Wildman–Crippen LogP) is 1.72. The Bertz CT molecular complexity index is 372. The Kier molecular flexibility index (Phi) is 5.02. The molecule has 0 spiro atoms. The van der Waals surface area contributed by atoms with Crippen LogP contribution >= 0.6 is 12.4 Å². The maximum Gasteiger partial charge on any atom is 0.239 e. The number of furan rings is 1. The highest BCUT2D eigenvalue weighted by Gasteiger charge is 2.25. The Morgan fingerprint density at radius 3 is 2.88 bits per heavy atom. The van der Waals surface area contributed by atoms with E-state index in [9.17, 15) is 4.79 Å². The van der Waals surface area contributed by atoms with E-state index in [2.05, 4.69) is 5.32 Å². The first-order valence-corrected chi connectivity index (χ1v) is 5.70. The molecule has 1 saturated heterocycles. The number of hydrogen-bond acceptors (Lipinski definition) is 3. The van der Waals surface area contributed by atoms with Gasteiger partial charge in [0.05, 0.1) is 12.6 Å². The second kappa shape index (κ2) is 6.07. The van der Waals surface area contributed by atoms with Crippen LogP contribution in [0.15, 0.2) is 16.5 Å². The molecule has 1 aliphatic rings. The molecule has 4 nitrogen and oxygen atoms in total. The fourth-order valence-corrected chi connectivity index (χ4v) is 2.04. The quantitative estimate of drug-likeness (QED) is 0.898. The number of hydrogen-bond donors (Lipinski definition) is 1. The summed E-state index contributed by atoms with van der Waals surface area (Å²) in [6.45, 7) is 3.40. The molecule has 1 aliphatic heterocycles. The Labute approximate surface area is 108 Å². The van der Waals surface area contributed by atoms with Crippen LogP contribution in [0.1, 0.15) is 24.4 Å². The van der Waals surface area contributed by atoms with Crippen LogP contribution in [0.4, 0.5) is 0 Å². The molecule has 1 aromatic heterocycles. The zero-order chi connectivity index (χ0) is 11.5. The average molecular weight is 259 g/mol. The van der Waals surface area contributed by atoms with Gasteiger partial charge in [-0.1, -0.05) is 0 Å². The summed E-state index contributed by atoms with van der Waals surface area (Å²) in [7, 11) is 1.82. The summed E-state index contributed by atoms with van der Waals surface area (Å²) in [6.07, 6.45) is 2.03. The lowest BCUT2D eigenvalue weighted by atomic mass is 10.2. The standard InChI is InChI=1S/C12H18N2O2.ClH/c1-9-5-6-10(16-9)8-14(2)12(15)11-4-3-7-13-11;/h5-6,11,13H,3-4,7-8H2,1-2H3;1H. The van der Waals surface area contributed by atoms with Gasteiger partial charge in [-0.05, 0) is 38.4 Å². The van der Waals surface area contributed by atoms with Gasteiger partial charge in [0.15, 0.2) is 0 Å². The predicted molar refractivity (Wildman–Crippen MR) is 68.2 cm³/mol. The van der Waals surface area contributed by atoms with Crippen LogP contribution in [0.3, 0.4) is 0 Å². The third-order valence-electron chi connectivity index (χ3n) is 2.92. The van der Waals surface area contributed by atoms with Crippen molar-refractivity contribution < 1.29 is 9.21 Å². The number of rotatable bonds is 3. The number of aryl methyl sites for hydroxylation is 1. The Hall–Kier alpha value is -1.00. The summed E-state index contributed by atoms with van der Waals surface area (Å²) < 4.78 is 5.45. The van der Waals surface area contributed by atoms with Crippen molar-refractivity contribution in [2.24, 2.45) is 0 Å². The molecule has 1 unspecified atom stereocenters. The smallest absolute Gasteiger partial charge is 0.239 e. The van der Waals surface area contributed by atoms with E-state index in [1.807, 2.05) is 26.1 Å². The summed E-state index contributed by atoms with van der Waals surface area (Å²) in [6, 6.07) is 3.84. The summed E-state index contributed by atoms with van der Waals surface area (Å²) >= 11 is 0. The van der Waals surface area contributed by atoms with Crippen molar-refractivity contribution in [3.8, 4) is 0 Å². The number of carbonyl (C=O) groups excluding carboxylic acids is 1. The molecule has 0 aromatic carbocycles. The van der Waals surface area contributed by atoms with E-state index in [0.29, 0.717) is 6.54 Å². The molecule has 1 aromatic rings. The average Bonchev–Trinajstić information content (AvgIpc) is 2.88. The number of carbonyl (C=O) groups is 1. The van der Waals surface area contributed by atoms with Crippen molar-refractivity contribution in [1.29, 1.82) is 0 Å². The second-order valence-corrected chi connectivity index (χ2v) is 4.36. The molecule has 0 bridgehead atoms. The highest BCUT2D eigenvalue weighted by Crippen LogP contribution is 2.12. The third kappa shape index (κ3) is 3.48. The minimum absolute atomic E-state index is 0. The van der Waals surface area contributed by atoms with E-state index in [4.69, 9.17) is 4.42 Å². The topological polar surface area (TPSA) is 45.5 Å². The third-order valence-corrected chi connectivity index (χ3v) is 2.92. The molecule has 96 valence electrons. The molecule has 1 N–H and O–H groups in total. The highest BCUT2D eigenvalue weighted by atomic mass is 35.5. The molecule has 2 rings (SSSR count). The minimum atomic E-state index is 0. The van der Waals surface area contributed by atoms with Gasteiger partial charge in [-0.2, -0.15) is 0 Å². The lowest BCUT2D eigenvalue weighted by molar-refractivity contribution is -0.132. The molecular weight excluding hydrogens is 240 g/mol. The van der Waals surface area contributed by atoms with Gasteiger partial charge in [-0.15, -0.1) is 12.4 Å². The number of likely N-dealkylation sites (N-methyl/N-ethyl adjacent to an activating group) is 1. The fourth-order valence-electron chi connectivity index (χ4n) is 2.04. The van der Waals surface area contributed by atoms with Crippen LogP contribution in [0.25, 0.3) is 0 Å². The summed E-state index contributed by atoms with van der Waals surface area (Å²) in [5.41, 5.74) is 0. The Morgan fingerprint density at radius 1 is 1.59 bits per heavy atom. The van der Waals surface area contributed by atoms with E-state index >= 15 is 0 Å². The lowest BCUT2D eigenvalue weighted by Gasteiger charge is -2.19. The molecular formula is C12H19ClN2O2. The molecule has 0 radical (unpaired) electrons. The number of nitrogens with zero attached hydrogens (tertiary/aromatic N) is 1. The SMILES string of the molecule is Cc1ccc(CN(C)C(=O)C2CCCN2)o1.Cl. The first-order valence-electron chi connectivity index (χ1n) is 5.70. The van der Waals surface area contributed by atoms with Crippen molar-refractivity contribution in [2.75, 3.05) is 13.6 Å². The van der Waals surface area contributed by atoms with E-state index in [-0.39, 0.29) is 24.4 Å². The molecule has 17 heavy (non-hydrogen) atoms. The van der Waals surface area contributed by atoms with Gasteiger partial charge in [0.2, 0.25) is 5.91 Å². The number of nitrogens with one attached hydrogen (secondary N) is 1. The summed E-state index contributed by atoms with van der Waals surface area (Å²) in [5.74, 6) is 1.88. The zero-order valence-corrected chi connectivity index (χ0v) is 11.0. The van der Waals surface area contributed by atoms with E-state index in [1.54, 1.807) is 4.90 Å². The molecule has 1 fully saturated rings. The van der Waals surface area contributed by atoms with E-state index in [0.717, 1.165) is 30.9 Å². The van der Waals surface area contributed by atoms with Gasteiger partial charge < -0.3 is 14.6 Å². The molecule has 1 amide bonds. The van der Waals surface area contributed by atoms with Crippen LogP contribution in [0.2, 0.25) is 0 Å². The first-order chi connectivity index (χ1) is 7.66. The molecule has 2 heterocycles. The van der Waals surface area contributed by atoms with Gasteiger partial charge in [0.25, 0.3) is 0 Å². The molecule has 0 saturated carbocycles. The van der Waals surface area contributed by atoms with Crippen molar-refractivity contribution in [3.63, 3.8) is 0 Å². The molecule has 5 heteroatoms. The number of halogens is 1. The van der Waals surface area contributed by atoms with Crippen LogP contribution in [0.5, 0.6) is 0 Å². The van der Waals surface area contributed by atoms with E-state index in [1.165, 1.54) is 0 Å². The normalized spacial score (nSPS) is 18.8. The summed E-state index contributed by atoms with van der Waals surface area (Å²) in [5, 5.41) is 3.21. The van der Waals surface area contributed by atoms with Gasteiger partial charge in [0.1, 0.15) is 11.5 Å². The van der Waals surface area contributed by atoms with E-state index < -0.39 is 0 Å². The van der Waals surface area contributed by atoms with Crippen LogP contribution in [0, 0.1) is 6.92 Å². The van der Waals surface area contributed by atoms with Crippen molar-refractivity contribution >= 4 is 18.3 Å². The summed E-state index contributed by atoms with van der Waals surface area (Å²) in [4.78, 5) is 13.7. The highest BCUT2D eigenvalue weighted by molar-refractivity contribution is 5.85. The van der Waals surface area contributed by atoms with Gasteiger partial charge in [-0.25, -0.2) is 0 Å². The Balaban J connectivity index is 0.00000144. The van der Waals surface area contributed by atoms with Crippen molar-refractivity contribution in [2.45, 2.75) is 32.4 Å². The van der Waals surface area contributed by atoms with Crippen molar-refractivity contribution in [1.82, 2.24) is 10.2 Å². The fraction of sp³-hybridized carbons (Fsp3) is 0.583. The maximum absolute atomic E-state index is 12.0. The van der Waals surface area contributed by atoms with Gasteiger partial charge in [-0.3, -0.25) is 4.79 Å². The first kappa shape index (κ1) is 14.1.